The Kier molecular flexibility index (Phi) is 3.16. The molecule has 1 aromatic heterocycles. The van der Waals surface area contributed by atoms with Crippen molar-refractivity contribution < 1.29 is 18.7 Å². The van der Waals surface area contributed by atoms with Crippen LogP contribution in [0.15, 0.2) is 6.20 Å². The summed E-state index contributed by atoms with van der Waals surface area (Å²) in [7, 11) is 0. The molecule has 0 bridgehead atoms. The molecule has 1 fully saturated rings. The summed E-state index contributed by atoms with van der Waals surface area (Å²) in [6, 6.07) is 0. The summed E-state index contributed by atoms with van der Waals surface area (Å²) in [6.07, 6.45) is -0.0301. The van der Waals surface area contributed by atoms with Crippen molar-refractivity contribution in [1.82, 2.24) is 9.97 Å². The van der Waals surface area contributed by atoms with Crippen molar-refractivity contribution in [3.63, 3.8) is 0 Å². The lowest BCUT2D eigenvalue weighted by Gasteiger charge is -2.16. The van der Waals surface area contributed by atoms with E-state index in [9.17, 15) is 13.6 Å². The van der Waals surface area contributed by atoms with Gasteiger partial charge in [0.1, 0.15) is 11.3 Å². The van der Waals surface area contributed by atoms with Crippen LogP contribution in [0.25, 0.3) is 0 Å². The Hall–Kier alpha value is -1.79. The van der Waals surface area contributed by atoms with E-state index in [0.29, 0.717) is 0 Å². The first-order chi connectivity index (χ1) is 8.09. The minimum Gasteiger partial charge on any atom is -0.478 e. The molecule has 1 aliphatic heterocycles. The molecule has 2 heterocycles. The number of nitrogens with zero attached hydrogens (tertiary/aromatic N) is 3. The van der Waals surface area contributed by atoms with Crippen LogP contribution in [-0.2, 0) is 0 Å². The second kappa shape index (κ2) is 4.60. The zero-order chi connectivity index (χ0) is 12.4. The first-order valence-electron chi connectivity index (χ1n) is 5.23. The van der Waals surface area contributed by atoms with Crippen molar-refractivity contribution in [2.24, 2.45) is 0 Å². The van der Waals surface area contributed by atoms with E-state index in [2.05, 4.69) is 9.97 Å². The number of aromatic carboxylic acids is 1. The highest BCUT2D eigenvalue weighted by Gasteiger charge is 2.23. The Bertz CT molecular complexity index is 434. The molecule has 0 spiro atoms. The summed E-state index contributed by atoms with van der Waals surface area (Å²) < 4.78 is 25.4. The van der Waals surface area contributed by atoms with E-state index in [1.54, 1.807) is 4.90 Å². The minimum atomic E-state index is -2.91. The Morgan fingerprint density at radius 3 is 2.59 bits per heavy atom. The minimum absolute atomic E-state index is 0.183. The predicted molar refractivity (Wildman–Crippen MR) is 55.4 cm³/mol. The molecule has 17 heavy (non-hydrogen) atoms. The Balaban J connectivity index is 2.37. The lowest BCUT2D eigenvalue weighted by molar-refractivity contribution is 0.0681. The van der Waals surface area contributed by atoms with Gasteiger partial charge in [-0.1, -0.05) is 0 Å². The maximum atomic E-state index is 12.7. The summed E-state index contributed by atoms with van der Waals surface area (Å²) in [5.74, 6) is -1.25. The van der Waals surface area contributed by atoms with Crippen molar-refractivity contribution in [3.05, 3.63) is 17.5 Å². The fraction of sp³-hybridized carbons (Fsp3) is 0.500. The molecule has 0 saturated carbocycles. The van der Waals surface area contributed by atoms with E-state index in [-0.39, 0.29) is 5.95 Å². The highest BCUT2D eigenvalue weighted by molar-refractivity contribution is 5.88. The number of carboxylic acids is 1. The monoisotopic (exact) mass is 243 g/mol. The number of hydrogen-bond acceptors (Lipinski definition) is 4. The van der Waals surface area contributed by atoms with Gasteiger partial charge in [0.15, 0.2) is 0 Å². The average Bonchev–Trinajstić information content (AvgIpc) is 2.81. The molecule has 0 unspecified atom stereocenters. The molecule has 0 amide bonds. The van der Waals surface area contributed by atoms with Gasteiger partial charge in [-0.3, -0.25) is 0 Å². The van der Waals surface area contributed by atoms with Crippen LogP contribution in [0.1, 0.15) is 35.3 Å². The summed E-state index contributed by atoms with van der Waals surface area (Å²) in [5.41, 5.74) is -1.25. The molecule has 2 rings (SSSR count). The van der Waals surface area contributed by atoms with Crippen molar-refractivity contribution in [2.75, 3.05) is 18.0 Å². The normalized spacial score (nSPS) is 15.6. The molecule has 7 heteroatoms. The molecule has 92 valence electrons. The topological polar surface area (TPSA) is 66.3 Å². The van der Waals surface area contributed by atoms with E-state index in [0.717, 1.165) is 32.1 Å². The third-order valence-corrected chi connectivity index (χ3v) is 2.63. The van der Waals surface area contributed by atoms with Crippen LogP contribution >= 0.6 is 0 Å². The van der Waals surface area contributed by atoms with E-state index in [1.165, 1.54) is 0 Å². The Labute approximate surface area is 96.1 Å². The summed E-state index contributed by atoms with van der Waals surface area (Å²) in [4.78, 5) is 20.0. The van der Waals surface area contributed by atoms with Crippen LogP contribution < -0.4 is 4.90 Å². The maximum Gasteiger partial charge on any atom is 0.339 e. The lowest BCUT2D eigenvalue weighted by Crippen LogP contribution is -2.22. The largest absolute Gasteiger partial charge is 0.478 e. The molecule has 0 atom stereocenters. The standard InChI is InChI=1S/C10H11F2N3O2/c11-8(12)7-6(9(16)17)5-13-10(14-7)15-3-1-2-4-15/h5,8H,1-4H2,(H,16,17). The molecular weight excluding hydrogens is 232 g/mol. The number of carboxylic acid groups (broad SMARTS) is 1. The molecule has 1 aromatic rings. The van der Waals surface area contributed by atoms with Crippen LogP contribution in [0.5, 0.6) is 0 Å². The van der Waals surface area contributed by atoms with Crippen LogP contribution in [-0.4, -0.2) is 34.1 Å². The summed E-state index contributed by atoms with van der Waals surface area (Å²) in [5, 5.41) is 8.74. The second-order valence-electron chi connectivity index (χ2n) is 3.77. The van der Waals surface area contributed by atoms with Gasteiger partial charge in [0, 0.05) is 19.3 Å². The maximum absolute atomic E-state index is 12.7. The van der Waals surface area contributed by atoms with E-state index in [4.69, 9.17) is 5.11 Å². The summed E-state index contributed by atoms with van der Waals surface area (Å²) in [6.45, 7) is 1.43. The van der Waals surface area contributed by atoms with E-state index < -0.39 is 23.7 Å². The number of anilines is 1. The predicted octanol–water partition coefficient (Wildman–Crippen LogP) is 1.71. The highest BCUT2D eigenvalue weighted by atomic mass is 19.3. The number of hydrogen-bond donors (Lipinski definition) is 1. The zero-order valence-electron chi connectivity index (χ0n) is 8.94. The van der Waals surface area contributed by atoms with Gasteiger partial charge in [0.2, 0.25) is 5.95 Å². The van der Waals surface area contributed by atoms with Gasteiger partial charge >= 0.3 is 5.97 Å². The smallest absolute Gasteiger partial charge is 0.339 e. The van der Waals surface area contributed by atoms with Gasteiger partial charge < -0.3 is 10.0 Å². The number of rotatable bonds is 3. The number of alkyl halides is 2. The summed E-state index contributed by atoms with van der Waals surface area (Å²) >= 11 is 0. The van der Waals surface area contributed by atoms with Crippen molar-refractivity contribution in [1.29, 1.82) is 0 Å². The van der Waals surface area contributed by atoms with Gasteiger partial charge in [0.05, 0.1) is 0 Å². The second-order valence-corrected chi connectivity index (χ2v) is 3.77. The van der Waals surface area contributed by atoms with Gasteiger partial charge in [-0.25, -0.2) is 23.5 Å². The first kappa shape index (κ1) is 11.7. The van der Waals surface area contributed by atoms with Gasteiger partial charge in [-0.15, -0.1) is 0 Å². The van der Waals surface area contributed by atoms with Crippen LogP contribution in [0, 0.1) is 0 Å². The zero-order valence-corrected chi connectivity index (χ0v) is 8.94. The number of halogens is 2. The highest BCUT2D eigenvalue weighted by Crippen LogP contribution is 2.24. The van der Waals surface area contributed by atoms with Gasteiger partial charge in [-0.2, -0.15) is 0 Å². The fourth-order valence-electron chi connectivity index (χ4n) is 1.79. The molecular formula is C10H11F2N3O2. The molecule has 1 saturated heterocycles. The van der Waals surface area contributed by atoms with Crippen molar-refractivity contribution >= 4 is 11.9 Å². The van der Waals surface area contributed by atoms with Crippen molar-refractivity contribution in [2.45, 2.75) is 19.3 Å². The lowest BCUT2D eigenvalue weighted by atomic mass is 10.2. The third kappa shape index (κ3) is 2.32. The van der Waals surface area contributed by atoms with Crippen molar-refractivity contribution in [3.8, 4) is 0 Å². The third-order valence-electron chi connectivity index (χ3n) is 2.63. The van der Waals surface area contributed by atoms with Gasteiger partial charge in [-0.05, 0) is 12.8 Å². The van der Waals surface area contributed by atoms with Crippen LogP contribution in [0.4, 0.5) is 14.7 Å². The molecule has 1 aliphatic rings. The number of carbonyl (C=O) groups is 1. The molecule has 0 aromatic carbocycles. The molecule has 5 nitrogen and oxygen atoms in total. The van der Waals surface area contributed by atoms with Gasteiger partial charge in [0.25, 0.3) is 6.43 Å². The molecule has 1 N–H and O–H groups in total. The average molecular weight is 243 g/mol. The Morgan fingerprint density at radius 1 is 1.41 bits per heavy atom. The van der Waals surface area contributed by atoms with Crippen LogP contribution in [0.2, 0.25) is 0 Å². The quantitative estimate of drug-likeness (QED) is 0.875. The molecule has 0 radical (unpaired) electrons. The van der Waals surface area contributed by atoms with Crippen LogP contribution in [0.3, 0.4) is 0 Å². The van der Waals surface area contributed by atoms with E-state index in [1.807, 2.05) is 0 Å². The first-order valence-corrected chi connectivity index (χ1v) is 5.23. The van der Waals surface area contributed by atoms with E-state index >= 15 is 0 Å². The SMILES string of the molecule is O=C(O)c1cnc(N2CCCC2)nc1C(F)F. The Morgan fingerprint density at radius 2 is 2.06 bits per heavy atom. The fourth-order valence-corrected chi connectivity index (χ4v) is 1.79. The molecule has 0 aliphatic carbocycles. The number of aromatic nitrogens is 2.